The van der Waals surface area contributed by atoms with Crippen molar-refractivity contribution in [2.75, 3.05) is 93.4 Å². The minimum atomic E-state index is -0.717. The largest absolute Gasteiger partial charge is 0.508 e. The first-order valence-corrected chi connectivity index (χ1v) is 39.1. The second-order valence-corrected chi connectivity index (χ2v) is 27.6. The van der Waals surface area contributed by atoms with Gasteiger partial charge in [-0.25, -0.2) is 14.4 Å². The van der Waals surface area contributed by atoms with E-state index in [2.05, 4.69) is 0 Å². The highest BCUT2D eigenvalue weighted by atomic mass is 16.7. The summed E-state index contributed by atoms with van der Waals surface area (Å²) in [5, 5.41) is 0. The standard InChI is InChI=1S/C34H44O12.C27H32O8.C26H31NO7/c1-3-5-19-41-33(37)43-23-21-39-27-11-15-29(16-12-27)45-31(35)25-7-9-26(10-8-25)32(36)46-30-17-13-28(14-18-30)40-22-24-44-34(38)42-20-6-4-2;1-19-3-9-24(10-4-19)34-26(29)21-5-7-22(8-6-21)27(30)35-25-13-11-23(12-14-25)33-18-16-31-15-17-32-20(2)28;1-18-4-10-22(11-5-18)33-24(28)19-6-8-20(9-7-19)25(29)34-23-14-12-21(13-15-23)31-16-17-32-26(30)27(2)3/h11-18,25-26H,3-10,19-24H2,1-2H3;3-4,9-14,21-22H,5-8,15-18H2,1-2H3;4-5,10-15,19-20H,6-9,16-17H2,1-3H3. The highest BCUT2D eigenvalue weighted by Gasteiger charge is 2.35. The van der Waals surface area contributed by atoms with Crippen LogP contribution in [0.5, 0.6) is 57.5 Å². The van der Waals surface area contributed by atoms with Gasteiger partial charge in [0.2, 0.25) is 0 Å². The Hall–Kier alpha value is -11.4. The lowest BCUT2D eigenvalue weighted by molar-refractivity contribution is -0.145. The van der Waals surface area contributed by atoms with Gasteiger partial charge in [0.05, 0.1) is 61.9 Å². The number of hydrogen-bond acceptors (Lipinski definition) is 27. The molecule has 0 aliphatic heterocycles. The first-order valence-electron chi connectivity index (χ1n) is 39.1. The van der Waals surface area contributed by atoms with Crippen molar-refractivity contribution in [2.24, 2.45) is 35.5 Å². The van der Waals surface area contributed by atoms with Gasteiger partial charge >= 0.3 is 60.2 Å². The number of unbranched alkanes of at least 4 members (excludes halogenated alkanes) is 2. The Kier molecular flexibility index (Phi) is 40.0. The number of esters is 7. The zero-order valence-corrected chi connectivity index (χ0v) is 66.6. The Bertz CT molecular complexity index is 3840. The first-order chi connectivity index (χ1) is 55.6. The van der Waals surface area contributed by atoms with Gasteiger partial charge in [0.15, 0.2) is 0 Å². The number of ether oxygens (including phenoxy) is 17. The maximum Gasteiger partial charge on any atom is 0.508 e. The normalized spacial score (nSPS) is 16.7. The summed E-state index contributed by atoms with van der Waals surface area (Å²) in [5.41, 5.74) is 2.20. The summed E-state index contributed by atoms with van der Waals surface area (Å²) in [7, 11) is 3.21. The molecule has 6 aromatic rings. The topological polar surface area (TPSA) is 331 Å². The summed E-state index contributed by atoms with van der Waals surface area (Å²) >= 11 is 0. The van der Waals surface area contributed by atoms with E-state index in [0.29, 0.717) is 168 Å². The maximum absolute atomic E-state index is 12.7. The summed E-state index contributed by atoms with van der Waals surface area (Å²) in [5.74, 6) is 1.39. The molecule has 0 radical (unpaired) electrons. The molecule has 0 N–H and O–H groups in total. The third-order valence-corrected chi connectivity index (χ3v) is 18.4. The molecule has 3 aliphatic carbocycles. The van der Waals surface area contributed by atoms with Crippen LogP contribution in [0.15, 0.2) is 146 Å². The molecule has 0 bridgehead atoms. The maximum atomic E-state index is 12.7. The predicted molar refractivity (Wildman–Crippen MR) is 417 cm³/mol. The molecule has 3 saturated carbocycles. The molecule has 0 saturated heterocycles. The van der Waals surface area contributed by atoms with E-state index in [1.807, 2.05) is 52.0 Å². The van der Waals surface area contributed by atoms with Crippen molar-refractivity contribution in [2.45, 2.75) is 137 Å². The minimum Gasteiger partial charge on any atom is -0.491 e. The van der Waals surface area contributed by atoms with Gasteiger partial charge in [-0.05, 0) is 225 Å². The van der Waals surface area contributed by atoms with Crippen molar-refractivity contribution in [1.29, 1.82) is 0 Å². The number of amides is 1. The molecule has 28 heteroatoms. The quantitative estimate of drug-likeness (QED) is 0.0151. The molecule has 0 heterocycles. The molecule has 6 aromatic carbocycles. The average Bonchev–Trinajstić information content (AvgIpc) is 0.856. The van der Waals surface area contributed by atoms with Gasteiger partial charge in [-0.3, -0.25) is 33.6 Å². The van der Waals surface area contributed by atoms with Crippen LogP contribution in [0.25, 0.3) is 0 Å². The summed E-state index contributed by atoms with van der Waals surface area (Å²) in [6.45, 7) is 12.0. The van der Waals surface area contributed by atoms with Crippen molar-refractivity contribution >= 4 is 60.2 Å². The van der Waals surface area contributed by atoms with Crippen LogP contribution in [0.1, 0.15) is 135 Å². The van der Waals surface area contributed by atoms with Gasteiger partial charge < -0.3 is 85.4 Å². The molecule has 115 heavy (non-hydrogen) atoms. The van der Waals surface area contributed by atoms with Crippen molar-refractivity contribution < 1.29 is 128 Å². The third-order valence-electron chi connectivity index (χ3n) is 18.4. The van der Waals surface area contributed by atoms with Crippen LogP contribution in [0.2, 0.25) is 0 Å². The van der Waals surface area contributed by atoms with E-state index in [1.54, 1.807) is 135 Å². The minimum absolute atomic E-state index is 0.0519. The number of rotatable bonds is 37. The molecule has 0 atom stereocenters. The van der Waals surface area contributed by atoms with E-state index in [1.165, 1.54) is 11.8 Å². The summed E-state index contributed by atoms with van der Waals surface area (Å²) in [4.78, 5) is 122. The van der Waals surface area contributed by atoms with E-state index in [0.717, 1.165) is 36.8 Å². The predicted octanol–water partition coefficient (Wildman–Crippen LogP) is 15.3. The number of aryl methyl sites for hydroxylation is 2. The van der Waals surface area contributed by atoms with E-state index in [4.69, 9.17) is 80.5 Å². The van der Waals surface area contributed by atoms with Crippen molar-refractivity contribution in [1.82, 2.24) is 4.90 Å². The number of carbonyl (C=O) groups excluding carboxylic acids is 10. The lowest BCUT2D eigenvalue weighted by Crippen LogP contribution is -2.30. The molecule has 1 amide bonds. The van der Waals surface area contributed by atoms with E-state index in [-0.39, 0.29) is 124 Å². The molecule has 0 unspecified atom stereocenters. The van der Waals surface area contributed by atoms with Crippen LogP contribution in [-0.2, 0) is 66.7 Å². The fourth-order valence-electron chi connectivity index (χ4n) is 11.8. The Morgan fingerprint density at radius 3 is 0.730 bits per heavy atom. The second-order valence-electron chi connectivity index (χ2n) is 27.6. The number of nitrogens with zero attached hydrogens (tertiary/aromatic N) is 1. The highest BCUT2D eigenvalue weighted by molar-refractivity contribution is 5.80. The van der Waals surface area contributed by atoms with E-state index >= 15 is 0 Å². The summed E-state index contributed by atoms with van der Waals surface area (Å²) in [6, 6.07) is 41.4. The molecule has 622 valence electrons. The van der Waals surface area contributed by atoms with Gasteiger partial charge in [-0.15, -0.1) is 0 Å². The Morgan fingerprint density at radius 1 is 0.278 bits per heavy atom. The molecular weight excluding hydrogens is 1490 g/mol. The lowest BCUT2D eigenvalue weighted by Gasteiger charge is -2.25. The van der Waals surface area contributed by atoms with Gasteiger partial charge in [0, 0.05) is 21.0 Å². The average molecular weight is 1600 g/mol. The fourth-order valence-corrected chi connectivity index (χ4v) is 11.8. The Balaban J connectivity index is 0.000000242. The molecular formula is C87H107NO27. The summed E-state index contributed by atoms with van der Waals surface area (Å²) in [6.07, 6.45) is 8.34. The lowest BCUT2D eigenvalue weighted by atomic mass is 9.82. The summed E-state index contributed by atoms with van der Waals surface area (Å²) < 4.78 is 90.0. The first kappa shape index (κ1) is 90.8. The van der Waals surface area contributed by atoms with Crippen LogP contribution >= 0.6 is 0 Å². The van der Waals surface area contributed by atoms with Crippen molar-refractivity contribution in [3.8, 4) is 57.5 Å². The Morgan fingerprint density at radius 2 is 0.487 bits per heavy atom. The van der Waals surface area contributed by atoms with Crippen LogP contribution < -0.4 is 47.4 Å². The van der Waals surface area contributed by atoms with E-state index in [9.17, 15) is 47.9 Å². The molecule has 0 spiro atoms. The van der Waals surface area contributed by atoms with Gasteiger partial charge in [-0.2, -0.15) is 0 Å². The Labute approximate surface area is 671 Å². The van der Waals surface area contributed by atoms with E-state index < -0.39 is 18.4 Å². The number of carbonyl (C=O) groups is 10. The third kappa shape index (κ3) is 35.2. The molecule has 28 nitrogen and oxygen atoms in total. The zero-order valence-electron chi connectivity index (χ0n) is 66.6. The van der Waals surface area contributed by atoms with Crippen LogP contribution in [0, 0.1) is 49.4 Å². The number of hydrogen-bond donors (Lipinski definition) is 0. The smallest absolute Gasteiger partial charge is 0.491 e. The SMILES string of the molecule is CC(=O)OCCOCCOc1ccc(OC(=O)C2CCC(C(=O)Oc3ccc(C)cc3)CC2)cc1.CCCCOC(=O)OCCOc1ccc(OC(=O)C2CCC(C(=O)Oc3ccc(OCCOC(=O)OCCCC)cc3)CC2)cc1.Cc1ccc(OC(=O)C2CCC(C(=O)Oc3ccc(OCCOC(=O)N(C)C)cc3)CC2)cc1. The molecule has 3 aliphatic rings. The van der Waals surface area contributed by atoms with Crippen molar-refractivity contribution in [3.05, 3.63) is 157 Å². The molecule has 3 fully saturated rings. The molecule has 0 aromatic heterocycles. The van der Waals surface area contributed by atoms with Crippen LogP contribution in [-0.4, -0.2) is 158 Å². The fraction of sp³-hybridized carbons (Fsp3) is 0.471. The number of benzene rings is 6. The van der Waals surface area contributed by atoms with Gasteiger partial charge in [0.25, 0.3) is 0 Å². The monoisotopic (exact) mass is 1600 g/mol. The van der Waals surface area contributed by atoms with Gasteiger partial charge in [-0.1, -0.05) is 62.1 Å². The van der Waals surface area contributed by atoms with Gasteiger partial charge in [0.1, 0.15) is 110 Å². The van der Waals surface area contributed by atoms with Crippen LogP contribution in [0.3, 0.4) is 0 Å². The van der Waals surface area contributed by atoms with Crippen molar-refractivity contribution in [3.63, 3.8) is 0 Å². The van der Waals surface area contributed by atoms with Crippen LogP contribution in [0.4, 0.5) is 14.4 Å². The highest BCUT2D eigenvalue weighted by Crippen LogP contribution is 2.36. The molecule has 9 rings (SSSR count). The second kappa shape index (κ2) is 50.6. The zero-order chi connectivity index (χ0) is 82.5.